The molecule has 0 bridgehead atoms. The van der Waals surface area contributed by atoms with Crippen LogP contribution in [-0.2, 0) is 52.7 Å². The first-order chi connectivity index (χ1) is 31.3. The second-order valence-electron chi connectivity index (χ2n) is 17.4. The van der Waals surface area contributed by atoms with Gasteiger partial charge in [0.1, 0.15) is 48.3 Å². The van der Waals surface area contributed by atoms with Crippen LogP contribution in [0.15, 0.2) is 0 Å². The fraction of sp³-hybridized carbons (Fsp3) is 0.738. The number of nitrogens with two attached hydrogens (primary N) is 3. The maximum Gasteiger partial charge on any atom is 0.326 e. The van der Waals surface area contributed by atoms with Crippen LogP contribution in [-0.4, -0.2) is 159 Å². The monoisotopic (exact) mass is 956 g/mol. The zero-order chi connectivity index (χ0) is 51.3. The smallest absolute Gasteiger partial charge is 0.326 e. The van der Waals surface area contributed by atoms with E-state index in [1.165, 1.54) is 18.7 Å². The highest BCUT2D eigenvalue weighted by molar-refractivity contribution is 5.98. The van der Waals surface area contributed by atoms with Gasteiger partial charge in [0, 0.05) is 19.4 Å². The average Bonchev–Trinajstić information content (AvgIpc) is 3.65. The molecule has 25 heteroatoms. The minimum Gasteiger partial charge on any atom is -0.481 e. The summed E-state index contributed by atoms with van der Waals surface area (Å²) in [6.07, 6.45) is -0.476. The first kappa shape index (κ1) is 59.1. The number of aliphatic hydroxyl groups excluding tert-OH is 1. The summed E-state index contributed by atoms with van der Waals surface area (Å²) >= 11 is 0. The molecule has 1 aliphatic rings. The molecular weight excluding hydrogens is 883 g/mol. The van der Waals surface area contributed by atoms with Crippen molar-refractivity contribution in [2.45, 2.75) is 161 Å². The van der Waals surface area contributed by atoms with E-state index in [1.54, 1.807) is 34.6 Å². The third-order valence-corrected chi connectivity index (χ3v) is 11.4. The molecule has 67 heavy (non-hydrogen) atoms. The van der Waals surface area contributed by atoms with Gasteiger partial charge >= 0.3 is 11.9 Å². The zero-order valence-corrected chi connectivity index (χ0v) is 39.4. The molecule has 0 aromatic carbocycles. The molecule has 16 N–H and O–H groups in total. The summed E-state index contributed by atoms with van der Waals surface area (Å²) in [6.45, 7) is 10.9. The summed E-state index contributed by atoms with van der Waals surface area (Å²) in [5.41, 5.74) is 16.7. The lowest BCUT2D eigenvalue weighted by atomic mass is 9.95. The van der Waals surface area contributed by atoms with Crippen molar-refractivity contribution in [2.24, 2.45) is 35.0 Å². The Morgan fingerprint density at radius 1 is 0.657 bits per heavy atom. The summed E-state index contributed by atoms with van der Waals surface area (Å²) in [5, 5.41) is 45.4. The standard InChI is InChI=1S/C42H73N11O14/c1-8-21(4)32(52-40(64)33-22(5)16-18-53(33)41(65)31(20(2)3)51-34(58)23(6)44)39(63)46-24(7)35(59)47-26(12-14-29(45)55)37(61)48-25(11-9-10-17-43)36(60)50-28(19-54)38(62)49-27(42(66)67)13-15-30(56)57/h20-28,31-33,54H,8-19,43-44H2,1-7H3,(H2,45,55)(H,46,63)(H,47,59)(H,48,61)(H,49,62)(H,50,60)(H,51,58)(H,52,64)(H,56,57)(H,66,67)/t21-,22?,23-,24-,25-,26-,27-,28-,31-,32-,33-/m0/s1. The van der Waals surface area contributed by atoms with Crippen LogP contribution in [0.3, 0.4) is 0 Å². The minimum absolute atomic E-state index is 0.0788. The Morgan fingerprint density at radius 2 is 1.19 bits per heavy atom. The number of hydrogen-bond acceptors (Lipinski definition) is 14. The van der Waals surface area contributed by atoms with E-state index in [0.29, 0.717) is 19.3 Å². The molecule has 0 aromatic heterocycles. The van der Waals surface area contributed by atoms with Gasteiger partial charge in [0.2, 0.25) is 53.2 Å². The van der Waals surface area contributed by atoms with Gasteiger partial charge in [-0.25, -0.2) is 4.79 Å². The highest BCUT2D eigenvalue weighted by Gasteiger charge is 2.44. The number of amides is 9. The fourth-order valence-electron chi connectivity index (χ4n) is 7.03. The lowest BCUT2D eigenvalue weighted by Gasteiger charge is -2.33. The lowest BCUT2D eigenvalue weighted by Crippen LogP contribution is -2.61. The van der Waals surface area contributed by atoms with Crippen LogP contribution in [0.2, 0.25) is 0 Å². The van der Waals surface area contributed by atoms with E-state index in [9.17, 15) is 63.0 Å². The second kappa shape index (κ2) is 28.9. The first-order valence-electron chi connectivity index (χ1n) is 22.5. The molecule has 1 rings (SSSR count). The van der Waals surface area contributed by atoms with Crippen molar-refractivity contribution in [3.8, 4) is 0 Å². The molecule has 380 valence electrons. The number of nitrogens with zero attached hydrogens (tertiary/aromatic N) is 1. The number of primary amides is 1. The molecule has 11 atom stereocenters. The molecule has 1 fully saturated rings. The molecule has 0 aromatic rings. The minimum atomic E-state index is -1.74. The van der Waals surface area contributed by atoms with Crippen LogP contribution in [0, 0.1) is 17.8 Å². The number of carbonyl (C=O) groups excluding carboxylic acids is 9. The van der Waals surface area contributed by atoms with Gasteiger partial charge in [-0.15, -0.1) is 0 Å². The van der Waals surface area contributed by atoms with Crippen LogP contribution in [0.1, 0.15) is 106 Å². The van der Waals surface area contributed by atoms with E-state index >= 15 is 0 Å². The van der Waals surface area contributed by atoms with E-state index in [4.69, 9.17) is 22.3 Å². The van der Waals surface area contributed by atoms with Crippen LogP contribution >= 0.6 is 0 Å². The molecule has 0 saturated carbocycles. The molecule has 25 nitrogen and oxygen atoms in total. The van der Waals surface area contributed by atoms with Gasteiger partial charge < -0.3 is 74.6 Å². The van der Waals surface area contributed by atoms with E-state index in [-0.39, 0.29) is 44.2 Å². The number of likely N-dealkylation sites (tertiary alicyclic amines) is 1. The van der Waals surface area contributed by atoms with Gasteiger partial charge in [-0.1, -0.05) is 41.0 Å². The van der Waals surface area contributed by atoms with E-state index in [2.05, 4.69) is 37.2 Å². The Labute approximate surface area is 389 Å². The van der Waals surface area contributed by atoms with E-state index in [0.717, 1.165) is 0 Å². The molecule has 0 radical (unpaired) electrons. The summed E-state index contributed by atoms with van der Waals surface area (Å²) in [5.74, 6) is -11.4. The Kier molecular flexibility index (Phi) is 25.5. The number of rotatable bonds is 30. The van der Waals surface area contributed by atoms with Crippen molar-refractivity contribution in [3.05, 3.63) is 0 Å². The quantitative estimate of drug-likeness (QED) is 0.0305. The molecular formula is C42H73N11O14. The largest absolute Gasteiger partial charge is 0.481 e. The third-order valence-electron chi connectivity index (χ3n) is 11.4. The molecule has 1 heterocycles. The SMILES string of the molecule is CC[C@H](C)[C@H](NC(=O)[C@@H]1C(C)CCN1C(=O)[C@@H](NC(=O)[C@H](C)N)C(C)C)C(=O)N[C@@H](C)C(=O)N[C@@H](CCC(N)=O)C(=O)N[C@@H](CCCCN)C(=O)N[C@@H](CO)C(=O)N[C@@H](CCC(=O)O)C(=O)O. The number of aliphatic carboxylic acids is 2. The number of aliphatic hydroxyl groups is 1. The number of carboxylic acids is 2. The zero-order valence-electron chi connectivity index (χ0n) is 39.4. The summed E-state index contributed by atoms with van der Waals surface area (Å²) in [6, 6.07) is -11.8. The Morgan fingerprint density at radius 3 is 1.70 bits per heavy atom. The third kappa shape index (κ3) is 19.4. The van der Waals surface area contributed by atoms with Gasteiger partial charge in [0.15, 0.2) is 0 Å². The molecule has 1 unspecified atom stereocenters. The van der Waals surface area contributed by atoms with Crippen molar-refractivity contribution in [1.29, 1.82) is 0 Å². The summed E-state index contributed by atoms with van der Waals surface area (Å²) in [4.78, 5) is 144. The average molecular weight is 956 g/mol. The van der Waals surface area contributed by atoms with Gasteiger partial charge in [0.25, 0.3) is 0 Å². The van der Waals surface area contributed by atoms with Crippen molar-refractivity contribution in [2.75, 3.05) is 19.7 Å². The Bertz CT molecular complexity index is 1770. The number of unbranched alkanes of at least 4 members (excludes halogenated alkanes) is 1. The molecule has 1 aliphatic heterocycles. The summed E-state index contributed by atoms with van der Waals surface area (Å²) in [7, 11) is 0. The van der Waals surface area contributed by atoms with Crippen LogP contribution < -0.4 is 54.4 Å². The van der Waals surface area contributed by atoms with Crippen molar-refractivity contribution in [1.82, 2.24) is 42.1 Å². The number of nitrogens with one attached hydrogen (secondary N) is 7. The Balaban J connectivity index is 3.27. The van der Waals surface area contributed by atoms with Gasteiger partial charge in [-0.2, -0.15) is 0 Å². The number of hydrogen-bond donors (Lipinski definition) is 13. The van der Waals surface area contributed by atoms with E-state index in [1.807, 2.05) is 0 Å². The fourth-order valence-corrected chi connectivity index (χ4v) is 7.03. The molecule has 0 aliphatic carbocycles. The predicted molar refractivity (Wildman–Crippen MR) is 239 cm³/mol. The molecule has 9 amide bonds. The molecule has 1 saturated heterocycles. The highest BCUT2D eigenvalue weighted by Crippen LogP contribution is 2.26. The van der Waals surface area contributed by atoms with Crippen LogP contribution in [0.5, 0.6) is 0 Å². The highest BCUT2D eigenvalue weighted by atomic mass is 16.4. The maximum absolute atomic E-state index is 14.0. The van der Waals surface area contributed by atoms with Gasteiger partial charge in [0.05, 0.1) is 12.6 Å². The number of carboxylic acid groups (broad SMARTS) is 2. The topological polar surface area (TPSA) is 414 Å². The van der Waals surface area contributed by atoms with Crippen LogP contribution in [0.4, 0.5) is 0 Å². The van der Waals surface area contributed by atoms with Gasteiger partial charge in [-0.05, 0) is 76.7 Å². The predicted octanol–water partition coefficient (Wildman–Crippen LogP) is -3.98. The maximum atomic E-state index is 14.0. The van der Waals surface area contributed by atoms with E-state index < -0.39 is 151 Å². The Hall–Kier alpha value is -5.95. The lowest BCUT2D eigenvalue weighted by molar-refractivity contribution is -0.144. The molecule has 0 spiro atoms. The number of carbonyl (C=O) groups is 11. The van der Waals surface area contributed by atoms with Crippen molar-refractivity contribution < 1.29 is 68.1 Å². The van der Waals surface area contributed by atoms with Gasteiger partial charge in [-0.3, -0.25) is 47.9 Å². The van der Waals surface area contributed by atoms with Crippen molar-refractivity contribution in [3.63, 3.8) is 0 Å². The normalized spacial score (nSPS) is 18.6. The first-order valence-corrected chi connectivity index (χ1v) is 22.5. The van der Waals surface area contributed by atoms with Crippen LogP contribution in [0.25, 0.3) is 0 Å². The second-order valence-corrected chi connectivity index (χ2v) is 17.4. The summed E-state index contributed by atoms with van der Waals surface area (Å²) < 4.78 is 0. The van der Waals surface area contributed by atoms with Crippen molar-refractivity contribution >= 4 is 65.1 Å².